The lowest BCUT2D eigenvalue weighted by atomic mass is 10.0. The number of nitrogens with zero attached hydrogens (tertiary/aromatic N) is 10. The number of pyridine rings is 1. The van der Waals surface area contributed by atoms with Crippen LogP contribution in [0.3, 0.4) is 0 Å². The molecule has 4 aromatic heterocycles. The Morgan fingerprint density at radius 2 is 1.09 bits per heavy atom. The van der Waals surface area contributed by atoms with Crippen LogP contribution in [0.1, 0.15) is 122 Å². The highest BCUT2D eigenvalue weighted by molar-refractivity contribution is 5.66. The number of phenols is 1. The van der Waals surface area contributed by atoms with Crippen molar-refractivity contribution >= 4 is 5.97 Å². The van der Waals surface area contributed by atoms with Gasteiger partial charge >= 0.3 is 5.97 Å². The zero-order chi connectivity index (χ0) is 67.6. The molecule has 0 bridgehead atoms. The van der Waals surface area contributed by atoms with E-state index in [2.05, 4.69) is 119 Å². The maximum atomic E-state index is 13.4. The Hall–Kier alpha value is -8.65. The van der Waals surface area contributed by atoms with Gasteiger partial charge in [0.1, 0.15) is 40.7 Å². The third-order valence-corrected chi connectivity index (χ3v) is 18.4. The monoisotopic (exact) mass is 1310 g/mol. The van der Waals surface area contributed by atoms with Crippen molar-refractivity contribution in [2.45, 2.75) is 142 Å². The van der Waals surface area contributed by atoms with Crippen LogP contribution in [-0.2, 0) is 63.0 Å². The van der Waals surface area contributed by atoms with E-state index in [0.717, 1.165) is 173 Å². The summed E-state index contributed by atoms with van der Waals surface area (Å²) in [5.41, 5.74) is 12.5. The number of aliphatic carboxylic acids is 1. The minimum Gasteiger partial charge on any atom is -0.508 e. The number of hydrogen-bond acceptors (Lipinski definition) is 14. The summed E-state index contributed by atoms with van der Waals surface area (Å²) in [7, 11) is 0. The van der Waals surface area contributed by atoms with E-state index < -0.39 is 17.6 Å². The predicted octanol–water partition coefficient (Wildman–Crippen LogP) is 13.9. The maximum Gasteiger partial charge on any atom is 0.303 e. The molecule has 15 nitrogen and oxygen atoms in total. The first-order chi connectivity index (χ1) is 47.3. The maximum absolute atomic E-state index is 13.4. The van der Waals surface area contributed by atoms with Gasteiger partial charge in [-0.25, -0.2) is 43.1 Å². The third kappa shape index (κ3) is 23.3. The van der Waals surface area contributed by atoms with Crippen molar-refractivity contribution in [1.82, 2.24) is 60.2 Å². The molecule has 0 spiro atoms. The zero-order valence-corrected chi connectivity index (χ0v) is 56.2. The molecule has 18 heteroatoms. The molecule has 1 saturated carbocycles. The number of rotatable bonds is 27. The van der Waals surface area contributed by atoms with E-state index >= 15 is 0 Å². The second-order valence-corrected chi connectivity index (χ2v) is 26.0. The van der Waals surface area contributed by atoms with Crippen LogP contribution in [0.25, 0.3) is 33.8 Å². The van der Waals surface area contributed by atoms with Crippen LogP contribution in [0, 0.1) is 23.4 Å². The number of piperazine rings is 2. The second-order valence-electron chi connectivity index (χ2n) is 26.0. The van der Waals surface area contributed by atoms with Crippen LogP contribution in [0.15, 0.2) is 171 Å². The van der Waals surface area contributed by atoms with E-state index in [0.29, 0.717) is 37.3 Å². The number of benzene rings is 5. The molecule has 12 rings (SSSR count). The van der Waals surface area contributed by atoms with E-state index in [4.69, 9.17) is 15.1 Å². The van der Waals surface area contributed by atoms with Gasteiger partial charge in [-0.2, -0.15) is 0 Å². The minimum atomic E-state index is -0.741. The smallest absolute Gasteiger partial charge is 0.303 e. The molecule has 508 valence electrons. The standard InChI is InChI=1S/C28H34FN3.C27H32N4O3.C24H27F2N5/c1-2-32(20-23-8-3-4-9-23)21-24-12-5-13-25(18-24)27-16-17-30-28(31-27)15-7-11-22-10-6-14-26(29)19-22;32-24-10-7-20(8-11-24)3-2-6-26-29-14-13-25(30-26)22-5-1-4-21(17-22)19-31-16-15-28-18-23(31)9-12-27(33)34;1-17-13-27-7-8-31(17)16-19-9-20(15-28-14-19)23-5-6-29-24(30-23)4-2-3-18-10-21(25)12-22(26)11-18/h5-6,10,12-14,16-19,23H,2-4,7-9,11,15,20-21H2,1H3;1,4-5,7-8,10-11,13-14,17,23,28,32H,2-3,6,9,12,15-16,18-19H2,(H,33,34);5-6,9-12,14-15,17,27H,2-4,7-8,13,16H2,1H3/t;;17-/m..0/s1. The van der Waals surface area contributed by atoms with Gasteiger partial charge in [-0.15, -0.1) is 0 Å². The lowest BCUT2D eigenvalue weighted by Crippen LogP contribution is -2.50. The van der Waals surface area contributed by atoms with Gasteiger partial charge in [0.15, 0.2) is 0 Å². The van der Waals surface area contributed by atoms with E-state index in [-0.39, 0.29) is 24.0 Å². The first kappa shape index (κ1) is 71.1. The second kappa shape index (κ2) is 37.2. The van der Waals surface area contributed by atoms with Crippen molar-refractivity contribution in [3.8, 4) is 39.5 Å². The van der Waals surface area contributed by atoms with E-state index in [9.17, 15) is 23.1 Å². The fourth-order valence-electron chi connectivity index (χ4n) is 13.2. The Labute approximate surface area is 570 Å². The Kier molecular flexibility index (Phi) is 27.3. The summed E-state index contributed by atoms with van der Waals surface area (Å²) in [4.78, 5) is 50.5. The average molecular weight is 1320 g/mol. The first-order valence-corrected chi connectivity index (χ1v) is 34.7. The Balaban J connectivity index is 0.000000158. The molecule has 2 atom stereocenters. The van der Waals surface area contributed by atoms with Crippen molar-refractivity contribution in [3.05, 3.63) is 239 Å². The van der Waals surface area contributed by atoms with Crippen molar-refractivity contribution in [3.63, 3.8) is 0 Å². The summed E-state index contributed by atoms with van der Waals surface area (Å²) in [5, 5.41) is 25.3. The number of carboxylic acid groups (broad SMARTS) is 1. The molecule has 3 aliphatic rings. The van der Waals surface area contributed by atoms with E-state index in [1.807, 2.05) is 61.2 Å². The molecule has 4 N–H and O–H groups in total. The summed E-state index contributed by atoms with van der Waals surface area (Å²) in [6, 6.07) is 43.7. The Morgan fingerprint density at radius 3 is 1.71 bits per heavy atom. The van der Waals surface area contributed by atoms with E-state index in [1.54, 1.807) is 30.5 Å². The molecule has 3 fully saturated rings. The molecule has 1 unspecified atom stereocenters. The van der Waals surface area contributed by atoms with E-state index in [1.165, 1.54) is 72.7 Å². The number of aryl methyl sites for hydroxylation is 6. The zero-order valence-electron chi connectivity index (χ0n) is 56.2. The molecule has 1 aliphatic carbocycles. The van der Waals surface area contributed by atoms with Crippen LogP contribution in [0.4, 0.5) is 13.2 Å². The quantitative estimate of drug-likeness (QED) is 0.0381. The molecule has 0 radical (unpaired) electrons. The lowest BCUT2D eigenvalue weighted by Gasteiger charge is -2.36. The number of carboxylic acids is 1. The number of carbonyl (C=O) groups is 1. The highest BCUT2D eigenvalue weighted by atomic mass is 19.1. The van der Waals surface area contributed by atoms with Gasteiger partial charge in [-0.3, -0.25) is 24.5 Å². The fourth-order valence-corrected chi connectivity index (χ4v) is 13.2. The molecule has 2 saturated heterocycles. The molecule has 97 heavy (non-hydrogen) atoms. The first-order valence-electron chi connectivity index (χ1n) is 34.7. The minimum absolute atomic E-state index is 0.175. The topological polar surface area (TPSA) is 182 Å². The SMILES string of the molecule is CCN(Cc1cccc(-c2ccnc(CCCc3cccc(F)c3)n2)c1)CC1CCCC1.C[C@H]1CNCCN1Cc1cncc(-c2ccnc(CCCc3cc(F)cc(F)c3)n2)c1.O=C(O)CCC1CNCCN1Cc1cccc(-c2ccnc(CCCc3ccc(O)cc3)n2)c1. The summed E-state index contributed by atoms with van der Waals surface area (Å²) < 4.78 is 40.1. The molecule has 0 amide bonds. The van der Waals surface area contributed by atoms with Crippen molar-refractivity contribution in [1.29, 1.82) is 0 Å². The van der Waals surface area contributed by atoms with Crippen LogP contribution in [-0.4, -0.2) is 130 Å². The summed E-state index contributed by atoms with van der Waals surface area (Å²) in [6.07, 6.45) is 22.7. The molecular weight excluding hydrogens is 1220 g/mol. The molecule has 2 aliphatic heterocycles. The Bertz CT molecular complexity index is 3890. The highest BCUT2D eigenvalue weighted by Gasteiger charge is 2.24. The highest BCUT2D eigenvalue weighted by Crippen LogP contribution is 2.28. The predicted molar refractivity (Wildman–Crippen MR) is 377 cm³/mol. The van der Waals surface area contributed by atoms with Crippen molar-refractivity contribution in [2.75, 3.05) is 52.4 Å². The number of aromatic hydroxyl groups is 1. The van der Waals surface area contributed by atoms with Crippen molar-refractivity contribution < 1.29 is 28.2 Å². The summed E-state index contributed by atoms with van der Waals surface area (Å²) in [6.45, 7) is 15.1. The van der Waals surface area contributed by atoms with Crippen LogP contribution < -0.4 is 10.6 Å². The van der Waals surface area contributed by atoms with Gasteiger partial charge in [0, 0.05) is 157 Å². The normalized spacial score (nSPS) is 15.9. The largest absolute Gasteiger partial charge is 0.508 e. The summed E-state index contributed by atoms with van der Waals surface area (Å²) in [5.74, 6) is 1.55. The molecule has 5 aromatic carbocycles. The average Bonchev–Trinajstić information content (AvgIpc) is 1.55. The van der Waals surface area contributed by atoms with Gasteiger partial charge < -0.3 is 20.8 Å². The van der Waals surface area contributed by atoms with Gasteiger partial charge in [0.25, 0.3) is 0 Å². The van der Waals surface area contributed by atoms with Crippen LogP contribution in [0.5, 0.6) is 5.75 Å². The van der Waals surface area contributed by atoms with Crippen LogP contribution >= 0.6 is 0 Å². The van der Waals surface area contributed by atoms with Crippen molar-refractivity contribution in [2.24, 2.45) is 5.92 Å². The third-order valence-electron chi connectivity index (χ3n) is 18.4. The molecule has 9 aromatic rings. The van der Waals surface area contributed by atoms with Crippen LogP contribution in [0.2, 0.25) is 0 Å². The fraction of sp³-hybridized carbons (Fsp3) is 0.392. The molecular formula is C79H93F3N12O3. The summed E-state index contributed by atoms with van der Waals surface area (Å²) >= 11 is 0. The number of hydrogen-bond donors (Lipinski definition) is 4. The van der Waals surface area contributed by atoms with Gasteiger partial charge in [-0.05, 0) is 183 Å². The Morgan fingerprint density at radius 1 is 0.557 bits per heavy atom. The number of aromatic nitrogens is 7. The number of phenolic OH excluding ortho intramolecular Hbond substituents is 1. The number of halogens is 3. The van der Waals surface area contributed by atoms with Gasteiger partial charge in [-0.1, -0.05) is 80.4 Å². The number of nitrogens with one attached hydrogen (secondary N) is 2. The molecule has 6 heterocycles. The lowest BCUT2D eigenvalue weighted by molar-refractivity contribution is -0.137. The van der Waals surface area contributed by atoms with Gasteiger partial charge in [0.05, 0.1) is 17.1 Å². The van der Waals surface area contributed by atoms with Gasteiger partial charge in [0.2, 0.25) is 0 Å².